The van der Waals surface area contributed by atoms with Crippen LogP contribution < -0.4 is 0 Å². The molecule has 0 saturated heterocycles. The summed E-state index contributed by atoms with van der Waals surface area (Å²) in [6.07, 6.45) is 3.89. The van der Waals surface area contributed by atoms with Crippen LogP contribution in [0.3, 0.4) is 0 Å². The van der Waals surface area contributed by atoms with Gasteiger partial charge in [0.2, 0.25) is 0 Å². The third kappa shape index (κ3) is 2.57. The van der Waals surface area contributed by atoms with E-state index in [1.165, 1.54) is 21.6 Å². The molecule has 104 valence electrons. The van der Waals surface area contributed by atoms with Crippen molar-refractivity contribution >= 4 is 17.1 Å². The molecule has 0 spiro atoms. The van der Waals surface area contributed by atoms with Crippen molar-refractivity contribution in [1.29, 1.82) is 0 Å². The maximum atomic E-state index is 12.6. The molecule has 2 aromatic rings. The molecule has 0 aliphatic heterocycles. The topological polar surface area (TPSA) is 17.1 Å². The highest BCUT2D eigenvalue weighted by Gasteiger charge is 2.26. The Labute approximate surface area is 124 Å². The lowest BCUT2D eigenvalue weighted by Gasteiger charge is -2.21. The van der Waals surface area contributed by atoms with Gasteiger partial charge in [-0.2, -0.15) is 0 Å². The minimum absolute atomic E-state index is 0.131. The molecule has 0 saturated carbocycles. The van der Waals surface area contributed by atoms with Crippen molar-refractivity contribution in [3.63, 3.8) is 0 Å². The van der Waals surface area contributed by atoms with Crippen LogP contribution in [0.1, 0.15) is 45.9 Å². The number of thiophene rings is 1. The van der Waals surface area contributed by atoms with Crippen LogP contribution in [0.5, 0.6) is 0 Å². The number of rotatable bonds is 3. The smallest absolute Gasteiger partial charge is 0.144 e. The van der Waals surface area contributed by atoms with E-state index in [9.17, 15) is 4.79 Å². The normalized spacial score (nSPS) is 17.8. The summed E-state index contributed by atoms with van der Waals surface area (Å²) in [6, 6.07) is 8.53. The van der Waals surface area contributed by atoms with Gasteiger partial charge < -0.3 is 0 Å². The molecule has 1 aliphatic carbocycles. The van der Waals surface area contributed by atoms with Gasteiger partial charge in [0.15, 0.2) is 0 Å². The van der Waals surface area contributed by atoms with E-state index in [0.717, 1.165) is 24.8 Å². The quantitative estimate of drug-likeness (QED) is 0.805. The molecule has 0 N–H and O–H groups in total. The summed E-state index contributed by atoms with van der Waals surface area (Å²) in [5, 5.41) is 2.13. The molecule has 0 fully saturated rings. The van der Waals surface area contributed by atoms with Gasteiger partial charge in [0.25, 0.3) is 0 Å². The van der Waals surface area contributed by atoms with Crippen molar-refractivity contribution < 1.29 is 4.79 Å². The Morgan fingerprint density at radius 1 is 1.25 bits per heavy atom. The SMILES string of the molecule is Cc1ccc(CC(=O)C2CCCc3sccc32)cc1C. The molecule has 0 amide bonds. The van der Waals surface area contributed by atoms with E-state index in [1.54, 1.807) is 11.3 Å². The van der Waals surface area contributed by atoms with Crippen LogP contribution >= 0.6 is 11.3 Å². The highest BCUT2D eigenvalue weighted by molar-refractivity contribution is 7.10. The molecule has 3 rings (SSSR count). The third-order valence-electron chi connectivity index (χ3n) is 4.39. The Hall–Kier alpha value is -1.41. The molecule has 0 radical (unpaired) electrons. The van der Waals surface area contributed by atoms with Gasteiger partial charge in [-0.3, -0.25) is 4.79 Å². The lowest BCUT2D eigenvalue weighted by Crippen LogP contribution is -2.19. The molecule has 1 aromatic carbocycles. The van der Waals surface area contributed by atoms with Crippen molar-refractivity contribution in [3.05, 3.63) is 56.8 Å². The van der Waals surface area contributed by atoms with Gasteiger partial charge in [-0.25, -0.2) is 0 Å². The first-order chi connectivity index (χ1) is 9.65. The van der Waals surface area contributed by atoms with Gasteiger partial charge in [-0.15, -0.1) is 11.3 Å². The van der Waals surface area contributed by atoms with Crippen LogP contribution in [0.2, 0.25) is 0 Å². The summed E-state index contributed by atoms with van der Waals surface area (Å²) in [6.45, 7) is 4.22. The summed E-state index contributed by atoms with van der Waals surface area (Å²) in [5.41, 5.74) is 5.02. The Morgan fingerprint density at radius 2 is 2.10 bits per heavy atom. The van der Waals surface area contributed by atoms with E-state index in [4.69, 9.17) is 0 Å². The molecule has 0 bridgehead atoms. The van der Waals surface area contributed by atoms with Crippen molar-refractivity contribution in [3.8, 4) is 0 Å². The fourth-order valence-corrected chi connectivity index (χ4v) is 4.05. The average molecular weight is 284 g/mol. The van der Waals surface area contributed by atoms with Crippen molar-refractivity contribution in [2.75, 3.05) is 0 Å². The van der Waals surface area contributed by atoms with Crippen LogP contribution in [0, 0.1) is 13.8 Å². The van der Waals surface area contributed by atoms with Crippen LogP contribution in [0.15, 0.2) is 29.6 Å². The molecule has 1 aromatic heterocycles. The van der Waals surface area contributed by atoms with Crippen molar-refractivity contribution in [1.82, 2.24) is 0 Å². The second-order valence-electron chi connectivity index (χ2n) is 5.81. The van der Waals surface area contributed by atoms with Gasteiger partial charge in [0, 0.05) is 17.2 Å². The van der Waals surface area contributed by atoms with E-state index in [-0.39, 0.29) is 5.92 Å². The Kier molecular flexibility index (Phi) is 3.75. The van der Waals surface area contributed by atoms with Crippen molar-refractivity contribution in [2.45, 2.75) is 45.4 Å². The molecule has 1 aliphatic rings. The number of fused-ring (bicyclic) bond motifs is 1. The van der Waals surface area contributed by atoms with Crippen LogP contribution in [0.4, 0.5) is 0 Å². The Morgan fingerprint density at radius 3 is 2.90 bits per heavy atom. The number of aryl methyl sites for hydroxylation is 3. The molecule has 20 heavy (non-hydrogen) atoms. The first kappa shape index (κ1) is 13.6. The number of hydrogen-bond donors (Lipinski definition) is 0. The fourth-order valence-electron chi connectivity index (χ4n) is 3.06. The van der Waals surface area contributed by atoms with Crippen molar-refractivity contribution in [2.24, 2.45) is 0 Å². The van der Waals surface area contributed by atoms with E-state index in [0.29, 0.717) is 12.2 Å². The zero-order valence-corrected chi connectivity index (χ0v) is 12.9. The lowest BCUT2D eigenvalue weighted by molar-refractivity contribution is -0.120. The standard InChI is InChI=1S/C18H20OS/c1-12-6-7-14(10-13(12)2)11-17(19)15-4-3-5-18-16(15)8-9-20-18/h6-10,15H,3-5,11H2,1-2H3. The van der Waals surface area contributed by atoms with E-state index in [2.05, 4.69) is 43.5 Å². The minimum atomic E-state index is 0.131. The first-order valence-electron chi connectivity index (χ1n) is 7.30. The zero-order chi connectivity index (χ0) is 14.1. The van der Waals surface area contributed by atoms with Gasteiger partial charge in [0.1, 0.15) is 5.78 Å². The van der Waals surface area contributed by atoms with E-state index in [1.807, 2.05) is 0 Å². The summed E-state index contributed by atoms with van der Waals surface area (Å²) in [5.74, 6) is 0.513. The molecule has 1 heterocycles. The summed E-state index contributed by atoms with van der Waals surface area (Å²) in [4.78, 5) is 14.1. The van der Waals surface area contributed by atoms with E-state index < -0.39 is 0 Å². The second kappa shape index (κ2) is 5.53. The summed E-state index contributed by atoms with van der Waals surface area (Å²) >= 11 is 1.81. The highest BCUT2D eigenvalue weighted by Crippen LogP contribution is 2.36. The number of Topliss-reactive ketones (excluding diaryl/α,β-unsaturated/α-hetero) is 1. The number of carbonyl (C=O) groups excluding carboxylic acids is 1. The van der Waals surface area contributed by atoms with Crippen LogP contribution in [-0.2, 0) is 17.6 Å². The highest BCUT2D eigenvalue weighted by atomic mass is 32.1. The zero-order valence-electron chi connectivity index (χ0n) is 12.1. The maximum Gasteiger partial charge on any atom is 0.144 e. The maximum absolute atomic E-state index is 12.6. The van der Waals surface area contributed by atoms with Crippen LogP contribution in [0.25, 0.3) is 0 Å². The predicted molar refractivity (Wildman–Crippen MR) is 84.6 cm³/mol. The Balaban J connectivity index is 1.79. The minimum Gasteiger partial charge on any atom is -0.299 e. The number of carbonyl (C=O) groups is 1. The van der Waals surface area contributed by atoms with E-state index >= 15 is 0 Å². The Bertz CT molecular complexity index is 639. The molecule has 1 nitrogen and oxygen atoms in total. The van der Waals surface area contributed by atoms with Gasteiger partial charge in [-0.1, -0.05) is 18.2 Å². The molecular formula is C18H20OS. The first-order valence-corrected chi connectivity index (χ1v) is 8.18. The second-order valence-corrected chi connectivity index (χ2v) is 6.81. The number of benzene rings is 1. The monoisotopic (exact) mass is 284 g/mol. The average Bonchev–Trinajstić information content (AvgIpc) is 2.91. The van der Waals surface area contributed by atoms with Gasteiger partial charge >= 0.3 is 0 Å². The molecular weight excluding hydrogens is 264 g/mol. The third-order valence-corrected chi connectivity index (χ3v) is 5.39. The summed E-state index contributed by atoms with van der Waals surface area (Å²) < 4.78 is 0. The van der Waals surface area contributed by atoms with Gasteiger partial charge in [0.05, 0.1) is 0 Å². The summed E-state index contributed by atoms with van der Waals surface area (Å²) in [7, 11) is 0. The predicted octanol–water partition coefficient (Wildman–Crippen LogP) is 4.60. The number of ketones is 1. The fraction of sp³-hybridized carbons (Fsp3) is 0.389. The molecule has 1 unspecified atom stereocenters. The van der Waals surface area contributed by atoms with Gasteiger partial charge in [-0.05, 0) is 66.8 Å². The largest absolute Gasteiger partial charge is 0.299 e. The lowest BCUT2D eigenvalue weighted by atomic mass is 9.83. The molecule has 2 heteroatoms. The number of hydrogen-bond acceptors (Lipinski definition) is 2. The van der Waals surface area contributed by atoms with Crippen LogP contribution in [-0.4, -0.2) is 5.78 Å². The molecule has 1 atom stereocenters.